The van der Waals surface area contributed by atoms with Crippen molar-refractivity contribution in [3.63, 3.8) is 0 Å². The number of carbonyl (C=O) groups is 1. The summed E-state index contributed by atoms with van der Waals surface area (Å²) in [4.78, 5) is 11.9. The van der Waals surface area contributed by atoms with E-state index in [-0.39, 0.29) is 11.7 Å². The predicted octanol–water partition coefficient (Wildman–Crippen LogP) is 4.91. The van der Waals surface area contributed by atoms with Crippen LogP contribution < -0.4 is 5.32 Å². The van der Waals surface area contributed by atoms with Gasteiger partial charge >= 0.3 is 0 Å². The topological polar surface area (TPSA) is 29.1 Å². The van der Waals surface area contributed by atoms with E-state index in [1.807, 2.05) is 25.1 Å². The Morgan fingerprint density at radius 1 is 1.18 bits per heavy atom. The van der Waals surface area contributed by atoms with Crippen LogP contribution in [0.4, 0.5) is 14.5 Å². The van der Waals surface area contributed by atoms with E-state index in [9.17, 15) is 13.6 Å². The number of nitrogens with one attached hydrogen (secondary N) is 1. The third-order valence-corrected chi connectivity index (χ3v) is 4.54. The van der Waals surface area contributed by atoms with Crippen molar-refractivity contribution in [2.24, 2.45) is 0 Å². The van der Waals surface area contributed by atoms with Crippen LogP contribution in [0.1, 0.15) is 11.1 Å². The largest absolute Gasteiger partial charge is 0.324 e. The summed E-state index contributed by atoms with van der Waals surface area (Å²) in [6, 6.07) is 9.42. The maximum atomic E-state index is 13.1. The second-order valence-corrected chi connectivity index (χ2v) is 6.61. The van der Waals surface area contributed by atoms with Crippen LogP contribution in [0.5, 0.6) is 0 Å². The molecule has 0 saturated heterocycles. The molecule has 22 heavy (non-hydrogen) atoms. The van der Waals surface area contributed by atoms with Crippen LogP contribution in [0.15, 0.2) is 40.9 Å². The molecule has 2 aromatic carbocycles. The molecule has 0 aliphatic rings. The molecule has 116 valence electrons. The van der Waals surface area contributed by atoms with Gasteiger partial charge in [0.15, 0.2) is 11.6 Å². The van der Waals surface area contributed by atoms with E-state index < -0.39 is 11.6 Å². The smallest absolute Gasteiger partial charge is 0.234 e. The first-order chi connectivity index (χ1) is 10.5. The molecule has 1 N–H and O–H groups in total. The van der Waals surface area contributed by atoms with E-state index in [2.05, 4.69) is 21.2 Å². The molecule has 0 radical (unpaired) electrons. The van der Waals surface area contributed by atoms with Crippen molar-refractivity contribution in [1.82, 2.24) is 0 Å². The molecule has 0 aliphatic heterocycles. The van der Waals surface area contributed by atoms with Gasteiger partial charge in [-0.3, -0.25) is 4.79 Å². The molecule has 2 aromatic rings. The monoisotopic (exact) mass is 385 g/mol. The lowest BCUT2D eigenvalue weighted by Gasteiger charge is -2.08. The van der Waals surface area contributed by atoms with Crippen molar-refractivity contribution in [3.8, 4) is 0 Å². The number of benzene rings is 2. The van der Waals surface area contributed by atoms with Crippen molar-refractivity contribution >= 4 is 39.3 Å². The van der Waals surface area contributed by atoms with Crippen molar-refractivity contribution in [1.29, 1.82) is 0 Å². The van der Waals surface area contributed by atoms with Crippen LogP contribution in [0.2, 0.25) is 0 Å². The van der Waals surface area contributed by atoms with Crippen LogP contribution >= 0.6 is 27.7 Å². The first-order valence-electron chi connectivity index (χ1n) is 6.53. The quantitative estimate of drug-likeness (QED) is 0.792. The first kappa shape index (κ1) is 17.0. The molecular weight excluding hydrogens is 372 g/mol. The first-order valence-corrected chi connectivity index (χ1v) is 8.48. The number of halogens is 3. The molecule has 2 rings (SSSR count). The Labute approximate surface area is 140 Å². The number of hydrogen-bond donors (Lipinski definition) is 1. The van der Waals surface area contributed by atoms with Crippen LogP contribution in [0.3, 0.4) is 0 Å². The van der Waals surface area contributed by atoms with E-state index in [4.69, 9.17) is 0 Å². The summed E-state index contributed by atoms with van der Waals surface area (Å²) in [6.45, 7) is 1.97. The maximum absolute atomic E-state index is 13.1. The standard InChI is InChI=1S/C16H14BrF2NOS/c1-10-2-5-15(12(17)6-10)20-16(21)9-22-8-11-3-4-13(18)14(19)7-11/h2-7H,8-9H2,1H3,(H,20,21). The molecule has 0 spiro atoms. The van der Waals surface area contributed by atoms with E-state index >= 15 is 0 Å². The molecule has 0 aliphatic carbocycles. The highest BCUT2D eigenvalue weighted by atomic mass is 79.9. The molecule has 0 saturated carbocycles. The van der Waals surface area contributed by atoms with Gasteiger partial charge in [0.2, 0.25) is 5.91 Å². The number of thioether (sulfide) groups is 1. The number of aryl methyl sites for hydroxylation is 1. The zero-order valence-electron chi connectivity index (χ0n) is 11.8. The molecule has 0 atom stereocenters. The normalized spacial score (nSPS) is 10.5. The van der Waals surface area contributed by atoms with Gasteiger partial charge in [-0.1, -0.05) is 12.1 Å². The van der Waals surface area contributed by atoms with Gasteiger partial charge in [-0.15, -0.1) is 11.8 Å². The molecule has 0 fully saturated rings. The third-order valence-electron chi connectivity index (χ3n) is 2.88. The minimum Gasteiger partial charge on any atom is -0.324 e. The third kappa shape index (κ3) is 4.81. The summed E-state index contributed by atoms with van der Waals surface area (Å²) in [5.41, 5.74) is 2.45. The molecular formula is C16H14BrF2NOS. The van der Waals surface area contributed by atoms with Gasteiger partial charge in [0.1, 0.15) is 0 Å². The second kappa shape index (κ2) is 7.74. The molecule has 6 heteroatoms. The van der Waals surface area contributed by atoms with Gasteiger partial charge in [-0.05, 0) is 58.2 Å². The number of hydrogen-bond acceptors (Lipinski definition) is 2. The lowest BCUT2D eigenvalue weighted by Crippen LogP contribution is -2.14. The fourth-order valence-electron chi connectivity index (χ4n) is 1.80. The zero-order chi connectivity index (χ0) is 16.1. The molecule has 0 heterocycles. The number of anilines is 1. The fraction of sp³-hybridized carbons (Fsp3) is 0.188. The zero-order valence-corrected chi connectivity index (χ0v) is 14.2. The highest BCUT2D eigenvalue weighted by molar-refractivity contribution is 9.10. The summed E-state index contributed by atoms with van der Waals surface area (Å²) in [7, 11) is 0. The van der Waals surface area contributed by atoms with Crippen LogP contribution in [-0.2, 0) is 10.5 Å². The Hall–Kier alpha value is -1.40. The highest BCUT2D eigenvalue weighted by Gasteiger charge is 2.07. The van der Waals surface area contributed by atoms with Gasteiger partial charge in [0, 0.05) is 10.2 Å². The molecule has 0 bridgehead atoms. The van der Waals surface area contributed by atoms with E-state index in [0.29, 0.717) is 17.0 Å². The Balaban J connectivity index is 1.83. The Kier molecular flexibility index (Phi) is 5.97. The number of amides is 1. The average molecular weight is 386 g/mol. The Morgan fingerprint density at radius 3 is 2.64 bits per heavy atom. The molecule has 0 unspecified atom stereocenters. The Morgan fingerprint density at radius 2 is 1.95 bits per heavy atom. The summed E-state index contributed by atoms with van der Waals surface area (Å²) in [5, 5.41) is 2.80. The summed E-state index contributed by atoms with van der Waals surface area (Å²) in [6.07, 6.45) is 0. The summed E-state index contributed by atoms with van der Waals surface area (Å²) in [5.74, 6) is -1.20. The van der Waals surface area contributed by atoms with Crippen molar-refractivity contribution < 1.29 is 13.6 Å². The summed E-state index contributed by atoms with van der Waals surface area (Å²) >= 11 is 4.74. The van der Waals surface area contributed by atoms with Gasteiger partial charge < -0.3 is 5.32 Å². The van der Waals surface area contributed by atoms with E-state index in [1.54, 1.807) is 0 Å². The minimum atomic E-state index is -0.869. The lowest BCUT2D eigenvalue weighted by atomic mass is 10.2. The number of rotatable bonds is 5. The fourth-order valence-corrected chi connectivity index (χ4v) is 3.17. The van der Waals surface area contributed by atoms with Crippen LogP contribution in [-0.4, -0.2) is 11.7 Å². The predicted molar refractivity (Wildman–Crippen MR) is 90.0 cm³/mol. The molecule has 2 nitrogen and oxygen atoms in total. The maximum Gasteiger partial charge on any atom is 0.234 e. The van der Waals surface area contributed by atoms with Gasteiger partial charge in [0.25, 0.3) is 0 Å². The minimum absolute atomic E-state index is 0.142. The lowest BCUT2D eigenvalue weighted by molar-refractivity contribution is -0.113. The van der Waals surface area contributed by atoms with E-state index in [1.165, 1.54) is 17.8 Å². The van der Waals surface area contributed by atoms with Crippen LogP contribution in [0, 0.1) is 18.6 Å². The average Bonchev–Trinajstić information content (AvgIpc) is 2.46. The van der Waals surface area contributed by atoms with Crippen molar-refractivity contribution in [3.05, 3.63) is 63.6 Å². The van der Waals surface area contributed by atoms with Crippen molar-refractivity contribution in [2.45, 2.75) is 12.7 Å². The van der Waals surface area contributed by atoms with Gasteiger partial charge in [-0.2, -0.15) is 0 Å². The molecule has 0 aromatic heterocycles. The SMILES string of the molecule is Cc1ccc(NC(=O)CSCc2ccc(F)c(F)c2)c(Br)c1. The van der Waals surface area contributed by atoms with Crippen molar-refractivity contribution in [2.75, 3.05) is 11.1 Å². The number of carbonyl (C=O) groups excluding carboxylic acids is 1. The van der Waals surface area contributed by atoms with Gasteiger partial charge in [0.05, 0.1) is 11.4 Å². The second-order valence-electron chi connectivity index (χ2n) is 4.77. The van der Waals surface area contributed by atoms with Crippen LogP contribution in [0.25, 0.3) is 0 Å². The Bertz CT molecular complexity index is 694. The summed E-state index contributed by atoms with van der Waals surface area (Å²) < 4.78 is 26.7. The van der Waals surface area contributed by atoms with E-state index in [0.717, 1.165) is 22.2 Å². The molecule has 1 amide bonds. The van der Waals surface area contributed by atoms with Gasteiger partial charge in [-0.25, -0.2) is 8.78 Å². The highest BCUT2D eigenvalue weighted by Crippen LogP contribution is 2.23.